The normalized spacial score (nSPS) is 10.8. The summed E-state index contributed by atoms with van der Waals surface area (Å²) < 4.78 is 1.65. The zero-order valence-corrected chi connectivity index (χ0v) is 10.8. The second-order valence-electron chi connectivity index (χ2n) is 4.39. The maximum Gasteiger partial charge on any atom is 0.129 e. The average Bonchev–Trinajstić information content (AvgIpc) is 2.98. The summed E-state index contributed by atoms with van der Waals surface area (Å²) in [6, 6.07) is 7.89. The van der Waals surface area contributed by atoms with E-state index < -0.39 is 0 Å². The smallest absolute Gasteiger partial charge is 0.129 e. The number of hydrogen-bond donors (Lipinski definition) is 1. The Hall–Kier alpha value is -2.63. The molecule has 3 rings (SSSR count). The number of hydrogen-bond acceptors (Lipinski definition) is 4. The van der Waals surface area contributed by atoms with E-state index in [4.69, 9.17) is 5.73 Å². The second-order valence-corrected chi connectivity index (χ2v) is 4.39. The van der Waals surface area contributed by atoms with Gasteiger partial charge in [0, 0.05) is 12.6 Å². The van der Waals surface area contributed by atoms with Crippen molar-refractivity contribution < 1.29 is 0 Å². The summed E-state index contributed by atoms with van der Waals surface area (Å²) in [5.41, 5.74) is 9.68. The van der Waals surface area contributed by atoms with Gasteiger partial charge in [0.05, 0.1) is 23.8 Å². The van der Waals surface area contributed by atoms with Crippen LogP contribution in [0.4, 0.5) is 5.82 Å². The zero-order chi connectivity index (χ0) is 13.4. The van der Waals surface area contributed by atoms with Gasteiger partial charge in [-0.15, -0.1) is 0 Å². The third-order valence-corrected chi connectivity index (χ3v) is 2.98. The minimum Gasteiger partial charge on any atom is -0.383 e. The van der Waals surface area contributed by atoms with Gasteiger partial charge in [-0.3, -0.25) is 4.68 Å². The molecule has 0 unspecified atom stereocenters. The topological polar surface area (TPSA) is 74.5 Å². The van der Waals surface area contributed by atoms with E-state index in [1.165, 1.54) is 0 Å². The number of anilines is 1. The van der Waals surface area contributed by atoms with Crippen LogP contribution in [0.25, 0.3) is 16.8 Å². The van der Waals surface area contributed by atoms with E-state index in [-0.39, 0.29) is 0 Å². The fourth-order valence-electron chi connectivity index (χ4n) is 1.93. The van der Waals surface area contributed by atoms with Crippen LogP contribution in [-0.2, 0) is 7.05 Å². The van der Waals surface area contributed by atoms with Crippen molar-refractivity contribution in [3.8, 4) is 16.8 Å². The predicted octanol–water partition coefficient (Wildman–Crippen LogP) is 1.56. The Labute approximate surface area is 110 Å². The minimum atomic E-state index is 0.641. The van der Waals surface area contributed by atoms with Crippen LogP contribution in [0.3, 0.4) is 0 Å². The van der Waals surface area contributed by atoms with Crippen molar-refractivity contribution in [3.63, 3.8) is 0 Å². The van der Waals surface area contributed by atoms with Crippen molar-refractivity contribution in [2.45, 2.75) is 6.92 Å². The highest BCUT2D eigenvalue weighted by molar-refractivity contribution is 5.74. The van der Waals surface area contributed by atoms with Crippen molar-refractivity contribution in [3.05, 3.63) is 42.4 Å². The van der Waals surface area contributed by atoms with Gasteiger partial charge < -0.3 is 5.73 Å². The molecule has 6 nitrogen and oxygen atoms in total. The lowest BCUT2D eigenvalue weighted by atomic mass is 10.1. The van der Waals surface area contributed by atoms with Crippen LogP contribution >= 0.6 is 0 Å². The Kier molecular flexibility index (Phi) is 2.56. The third kappa shape index (κ3) is 1.97. The van der Waals surface area contributed by atoms with E-state index in [9.17, 15) is 0 Å². The molecule has 0 radical (unpaired) electrons. The van der Waals surface area contributed by atoms with E-state index >= 15 is 0 Å². The highest BCUT2D eigenvalue weighted by Gasteiger charge is 2.09. The van der Waals surface area contributed by atoms with Crippen LogP contribution in [0.1, 0.15) is 5.69 Å². The van der Waals surface area contributed by atoms with Crippen LogP contribution < -0.4 is 5.73 Å². The molecule has 2 N–H and O–H groups in total. The molecule has 0 aliphatic rings. The van der Waals surface area contributed by atoms with Gasteiger partial charge >= 0.3 is 0 Å². The maximum absolute atomic E-state index is 5.99. The molecule has 19 heavy (non-hydrogen) atoms. The third-order valence-electron chi connectivity index (χ3n) is 2.98. The van der Waals surface area contributed by atoms with Gasteiger partial charge in [0.15, 0.2) is 0 Å². The summed E-state index contributed by atoms with van der Waals surface area (Å²) in [7, 11) is 1.82. The molecule has 0 bridgehead atoms. The van der Waals surface area contributed by atoms with Gasteiger partial charge in [-0.25, -0.2) is 0 Å². The summed E-state index contributed by atoms with van der Waals surface area (Å²) in [6.45, 7) is 1.91. The van der Waals surface area contributed by atoms with E-state index in [1.54, 1.807) is 21.9 Å². The number of nitrogens with zero attached hydrogens (tertiary/aromatic N) is 5. The maximum atomic E-state index is 5.99. The average molecular weight is 254 g/mol. The molecule has 96 valence electrons. The first-order valence-corrected chi connectivity index (χ1v) is 5.92. The molecule has 2 heterocycles. The monoisotopic (exact) mass is 254 g/mol. The summed E-state index contributed by atoms with van der Waals surface area (Å²) in [4.78, 5) is 1.60. The summed E-state index contributed by atoms with van der Waals surface area (Å²) in [5, 5.41) is 12.7. The standard InChI is InChI=1S/C13H14N6/c1-9-7-16-19(17-9)11-5-3-4-10(6-11)12-8-15-18(2)13(12)14/h3-8H,14H2,1-2H3. The second kappa shape index (κ2) is 4.24. The Morgan fingerprint density at radius 1 is 1.16 bits per heavy atom. The van der Waals surface area contributed by atoms with E-state index in [0.717, 1.165) is 22.5 Å². The lowest BCUT2D eigenvalue weighted by Crippen LogP contribution is -2.00. The number of nitrogen functional groups attached to an aromatic ring is 1. The van der Waals surface area contributed by atoms with Crippen molar-refractivity contribution in [1.82, 2.24) is 24.8 Å². The first-order chi connectivity index (χ1) is 9.15. The lowest BCUT2D eigenvalue weighted by Gasteiger charge is -2.04. The van der Waals surface area contributed by atoms with Crippen molar-refractivity contribution in [2.24, 2.45) is 7.05 Å². The first-order valence-electron chi connectivity index (χ1n) is 5.92. The number of nitrogens with two attached hydrogens (primary N) is 1. The number of aryl methyl sites for hydroxylation is 2. The SMILES string of the molecule is Cc1cnn(-c2cccc(-c3cnn(C)c3N)c2)n1. The Morgan fingerprint density at radius 3 is 2.63 bits per heavy atom. The molecule has 0 aliphatic carbocycles. The molecular weight excluding hydrogens is 240 g/mol. The molecule has 0 amide bonds. The van der Waals surface area contributed by atoms with Gasteiger partial charge in [0.25, 0.3) is 0 Å². The van der Waals surface area contributed by atoms with Crippen molar-refractivity contribution in [2.75, 3.05) is 5.73 Å². The Balaban J connectivity index is 2.07. The van der Waals surface area contributed by atoms with Gasteiger partial charge in [0.1, 0.15) is 5.82 Å². The molecule has 0 spiro atoms. The number of aromatic nitrogens is 5. The molecule has 6 heteroatoms. The fraction of sp³-hybridized carbons (Fsp3) is 0.154. The molecule has 0 aliphatic heterocycles. The van der Waals surface area contributed by atoms with Gasteiger partial charge in [-0.05, 0) is 24.6 Å². The quantitative estimate of drug-likeness (QED) is 0.753. The Morgan fingerprint density at radius 2 is 2.00 bits per heavy atom. The molecule has 0 saturated carbocycles. The zero-order valence-electron chi connectivity index (χ0n) is 10.8. The van der Waals surface area contributed by atoms with Gasteiger partial charge in [-0.1, -0.05) is 12.1 Å². The van der Waals surface area contributed by atoms with Crippen LogP contribution in [0.5, 0.6) is 0 Å². The molecule has 0 fully saturated rings. The van der Waals surface area contributed by atoms with E-state index in [2.05, 4.69) is 15.3 Å². The van der Waals surface area contributed by atoms with Crippen molar-refractivity contribution in [1.29, 1.82) is 0 Å². The minimum absolute atomic E-state index is 0.641. The largest absolute Gasteiger partial charge is 0.383 e. The molecule has 3 aromatic rings. The van der Waals surface area contributed by atoms with Gasteiger partial charge in [0.2, 0.25) is 0 Å². The Bertz CT molecular complexity index is 724. The summed E-state index contributed by atoms with van der Waals surface area (Å²) in [5.74, 6) is 0.641. The summed E-state index contributed by atoms with van der Waals surface area (Å²) in [6.07, 6.45) is 3.49. The summed E-state index contributed by atoms with van der Waals surface area (Å²) >= 11 is 0. The molecule has 0 atom stereocenters. The van der Waals surface area contributed by atoms with Crippen LogP contribution in [-0.4, -0.2) is 24.8 Å². The molecular formula is C13H14N6. The van der Waals surface area contributed by atoms with Crippen LogP contribution in [0, 0.1) is 6.92 Å². The highest BCUT2D eigenvalue weighted by atomic mass is 15.5. The molecule has 1 aromatic carbocycles. The van der Waals surface area contributed by atoms with Crippen molar-refractivity contribution >= 4 is 5.82 Å². The fourth-order valence-corrected chi connectivity index (χ4v) is 1.93. The van der Waals surface area contributed by atoms with Crippen LogP contribution in [0.15, 0.2) is 36.7 Å². The highest BCUT2D eigenvalue weighted by Crippen LogP contribution is 2.26. The number of benzene rings is 1. The lowest BCUT2D eigenvalue weighted by molar-refractivity contribution is 0.746. The predicted molar refractivity (Wildman–Crippen MR) is 72.7 cm³/mol. The first kappa shape index (κ1) is 11.5. The van der Waals surface area contributed by atoms with E-state index in [1.807, 2.05) is 38.2 Å². The van der Waals surface area contributed by atoms with Gasteiger partial charge in [-0.2, -0.15) is 20.1 Å². The molecule has 0 saturated heterocycles. The number of rotatable bonds is 2. The van der Waals surface area contributed by atoms with E-state index in [0.29, 0.717) is 5.82 Å². The molecule has 2 aromatic heterocycles. The van der Waals surface area contributed by atoms with Crippen LogP contribution in [0.2, 0.25) is 0 Å².